The van der Waals surface area contributed by atoms with Crippen molar-refractivity contribution in [2.24, 2.45) is 5.92 Å². The number of rotatable bonds is 7. The van der Waals surface area contributed by atoms with Crippen LogP contribution in [0.25, 0.3) is 0 Å². The van der Waals surface area contributed by atoms with Gasteiger partial charge in [-0.25, -0.2) is 9.18 Å². The monoisotopic (exact) mass is 375 g/mol. The third kappa shape index (κ3) is 6.43. The van der Waals surface area contributed by atoms with Gasteiger partial charge in [0.2, 0.25) is 0 Å². The minimum atomic E-state index is -0.897. The first kappa shape index (κ1) is 18.4. The molecule has 1 aromatic carbocycles. The lowest BCUT2D eigenvalue weighted by atomic mass is 10.2. The summed E-state index contributed by atoms with van der Waals surface area (Å²) in [6.45, 7) is 5.56. The zero-order valence-electron chi connectivity index (χ0n) is 12.7. The Morgan fingerprint density at radius 1 is 1.32 bits per heavy atom. The van der Waals surface area contributed by atoms with Crippen LogP contribution in [-0.4, -0.2) is 31.1 Å². The molecule has 1 unspecified atom stereocenters. The van der Waals surface area contributed by atoms with Crippen LogP contribution in [0.4, 0.5) is 4.39 Å². The van der Waals surface area contributed by atoms with Gasteiger partial charge in [-0.15, -0.1) is 0 Å². The highest BCUT2D eigenvalue weighted by Crippen LogP contribution is 2.25. The minimum Gasteiger partial charge on any atom is -0.481 e. The highest BCUT2D eigenvalue weighted by Gasteiger charge is 2.18. The van der Waals surface area contributed by atoms with E-state index < -0.39 is 17.9 Å². The molecule has 1 aromatic rings. The van der Waals surface area contributed by atoms with Crippen molar-refractivity contribution in [3.8, 4) is 5.75 Å². The maximum Gasteiger partial charge on any atom is 0.344 e. The average molecular weight is 376 g/mol. The highest BCUT2D eigenvalue weighted by atomic mass is 79.9. The van der Waals surface area contributed by atoms with E-state index in [-0.39, 0.29) is 12.5 Å². The van der Waals surface area contributed by atoms with Gasteiger partial charge in [0.25, 0.3) is 5.91 Å². The molecule has 0 aromatic heterocycles. The molecule has 0 radical (unpaired) electrons. The zero-order valence-corrected chi connectivity index (χ0v) is 14.3. The molecule has 0 spiro atoms. The fraction of sp³-hybridized carbons (Fsp3) is 0.467. The molecule has 0 saturated carbocycles. The summed E-state index contributed by atoms with van der Waals surface area (Å²) in [4.78, 5) is 23.3. The van der Waals surface area contributed by atoms with Gasteiger partial charge in [0.15, 0.2) is 12.7 Å². The lowest BCUT2D eigenvalue weighted by Gasteiger charge is -2.15. The number of hydrogen-bond donors (Lipinski definition) is 1. The van der Waals surface area contributed by atoms with Crippen LogP contribution in [0.15, 0.2) is 22.7 Å². The van der Waals surface area contributed by atoms with E-state index in [1.54, 1.807) is 0 Å². The number of esters is 1. The Bertz CT molecular complexity index is 536. The van der Waals surface area contributed by atoms with Gasteiger partial charge in [-0.05, 0) is 47.0 Å². The molecule has 1 atom stereocenters. The summed E-state index contributed by atoms with van der Waals surface area (Å²) < 4.78 is 23.5. The molecule has 0 fully saturated rings. The summed E-state index contributed by atoms with van der Waals surface area (Å²) in [6.07, 6.45) is -0.897. The van der Waals surface area contributed by atoms with Gasteiger partial charge in [-0.1, -0.05) is 13.8 Å². The molecule has 5 nitrogen and oxygen atoms in total. The number of carbonyl (C=O) groups excluding carboxylic acids is 2. The third-order valence-corrected chi connectivity index (χ3v) is 3.22. The van der Waals surface area contributed by atoms with Crippen molar-refractivity contribution >= 4 is 27.8 Å². The molecule has 0 aliphatic rings. The van der Waals surface area contributed by atoms with Gasteiger partial charge in [0, 0.05) is 6.54 Å². The van der Waals surface area contributed by atoms with Crippen molar-refractivity contribution in [3.05, 3.63) is 28.5 Å². The fourth-order valence-electron chi connectivity index (χ4n) is 1.46. The average Bonchev–Trinajstić information content (AvgIpc) is 2.43. The largest absolute Gasteiger partial charge is 0.481 e. The van der Waals surface area contributed by atoms with Gasteiger partial charge >= 0.3 is 5.97 Å². The quantitative estimate of drug-likeness (QED) is 0.744. The van der Waals surface area contributed by atoms with E-state index in [0.717, 1.165) is 0 Å². The number of benzene rings is 1. The number of hydrogen-bond acceptors (Lipinski definition) is 4. The maximum absolute atomic E-state index is 12.9. The third-order valence-electron chi connectivity index (χ3n) is 2.60. The Hall–Kier alpha value is -1.63. The number of ether oxygens (including phenoxy) is 2. The van der Waals surface area contributed by atoms with Crippen molar-refractivity contribution in [1.29, 1.82) is 0 Å². The van der Waals surface area contributed by atoms with Crippen LogP contribution in [0.2, 0.25) is 0 Å². The van der Waals surface area contributed by atoms with Crippen molar-refractivity contribution in [2.45, 2.75) is 26.9 Å². The van der Waals surface area contributed by atoms with E-state index >= 15 is 0 Å². The Labute approximate surface area is 137 Å². The molecule has 1 N–H and O–H groups in total. The molecule has 1 amide bonds. The summed E-state index contributed by atoms with van der Waals surface area (Å²) >= 11 is 3.12. The molecule has 7 heteroatoms. The van der Waals surface area contributed by atoms with Crippen LogP contribution in [0.3, 0.4) is 0 Å². The van der Waals surface area contributed by atoms with Gasteiger partial charge in [0.05, 0.1) is 4.47 Å². The Morgan fingerprint density at radius 3 is 2.59 bits per heavy atom. The molecule has 0 aliphatic heterocycles. The van der Waals surface area contributed by atoms with E-state index in [9.17, 15) is 14.0 Å². The zero-order chi connectivity index (χ0) is 16.7. The number of halogens is 2. The summed E-state index contributed by atoms with van der Waals surface area (Å²) in [5.41, 5.74) is 0. The molecule has 0 bridgehead atoms. The smallest absolute Gasteiger partial charge is 0.344 e. The van der Waals surface area contributed by atoms with Crippen molar-refractivity contribution < 1.29 is 23.5 Å². The van der Waals surface area contributed by atoms with Gasteiger partial charge in [0.1, 0.15) is 11.6 Å². The molecule has 0 heterocycles. The second-order valence-electron chi connectivity index (χ2n) is 5.13. The summed E-state index contributed by atoms with van der Waals surface area (Å²) in [7, 11) is 0. The minimum absolute atomic E-state index is 0.311. The normalized spacial score (nSPS) is 11.9. The Balaban J connectivity index is 2.41. The summed E-state index contributed by atoms with van der Waals surface area (Å²) in [5, 5.41) is 2.67. The van der Waals surface area contributed by atoms with Gasteiger partial charge in [-0.2, -0.15) is 0 Å². The van der Waals surface area contributed by atoms with Crippen LogP contribution < -0.4 is 10.1 Å². The standard InChI is InChI=1S/C15H19BrFNO4/c1-9(2)7-18-15(20)10(3)22-14(19)8-21-13-5-4-11(17)6-12(13)16/h4-6,9-10H,7-8H2,1-3H3,(H,18,20). The molecule has 0 aliphatic carbocycles. The molecule has 22 heavy (non-hydrogen) atoms. The predicted molar refractivity (Wildman–Crippen MR) is 83.0 cm³/mol. The van der Waals surface area contributed by atoms with Crippen LogP contribution in [-0.2, 0) is 14.3 Å². The summed E-state index contributed by atoms with van der Waals surface area (Å²) in [6, 6.07) is 3.83. The molecule has 122 valence electrons. The predicted octanol–water partition coefficient (Wildman–Crippen LogP) is 2.67. The van der Waals surface area contributed by atoms with Crippen LogP contribution in [0, 0.1) is 11.7 Å². The first-order valence-electron chi connectivity index (χ1n) is 6.84. The molecular weight excluding hydrogens is 357 g/mol. The topological polar surface area (TPSA) is 64.6 Å². The fourth-order valence-corrected chi connectivity index (χ4v) is 1.93. The van der Waals surface area contributed by atoms with Crippen LogP contribution in [0.5, 0.6) is 5.75 Å². The van der Waals surface area contributed by atoms with E-state index in [4.69, 9.17) is 9.47 Å². The number of amides is 1. The van der Waals surface area contributed by atoms with Crippen LogP contribution >= 0.6 is 15.9 Å². The Morgan fingerprint density at radius 2 is 2.00 bits per heavy atom. The van der Waals surface area contributed by atoms with Crippen molar-refractivity contribution in [2.75, 3.05) is 13.2 Å². The lowest BCUT2D eigenvalue weighted by molar-refractivity contribution is -0.156. The second kappa shape index (κ2) is 8.73. The molecular formula is C15H19BrFNO4. The molecule has 1 rings (SSSR count). The first-order valence-corrected chi connectivity index (χ1v) is 7.64. The van der Waals surface area contributed by atoms with Crippen LogP contribution in [0.1, 0.15) is 20.8 Å². The maximum atomic E-state index is 12.9. The number of carbonyl (C=O) groups is 2. The lowest BCUT2D eigenvalue weighted by Crippen LogP contribution is -2.38. The van der Waals surface area contributed by atoms with Gasteiger partial charge < -0.3 is 14.8 Å². The highest BCUT2D eigenvalue weighted by molar-refractivity contribution is 9.10. The van der Waals surface area contributed by atoms with Crippen molar-refractivity contribution in [1.82, 2.24) is 5.32 Å². The molecule has 0 saturated heterocycles. The van der Waals surface area contributed by atoms with E-state index in [1.807, 2.05) is 13.8 Å². The van der Waals surface area contributed by atoms with Gasteiger partial charge in [-0.3, -0.25) is 4.79 Å². The second-order valence-corrected chi connectivity index (χ2v) is 5.99. The van der Waals surface area contributed by atoms with Crippen molar-refractivity contribution in [3.63, 3.8) is 0 Å². The summed E-state index contributed by atoms with van der Waals surface area (Å²) in [5.74, 6) is -0.827. The van der Waals surface area contributed by atoms with E-state index in [1.165, 1.54) is 25.1 Å². The SMILES string of the molecule is CC(C)CNC(=O)C(C)OC(=O)COc1ccc(F)cc1Br. The Kier molecular flexibility index (Phi) is 7.31. The first-order chi connectivity index (χ1) is 10.3. The number of nitrogens with one attached hydrogen (secondary N) is 1. The van der Waals surface area contributed by atoms with E-state index in [0.29, 0.717) is 22.7 Å². The van der Waals surface area contributed by atoms with E-state index in [2.05, 4.69) is 21.2 Å².